The van der Waals surface area contributed by atoms with Crippen LogP contribution in [0, 0.1) is 0 Å². The maximum Gasteiger partial charge on any atom is 0.123 e. The molecular weight excluding hydrogens is 246 g/mol. The molecule has 0 bridgehead atoms. The van der Waals surface area contributed by atoms with E-state index in [0.29, 0.717) is 6.04 Å². The van der Waals surface area contributed by atoms with Gasteiger partial charge in [-0.15, -0.1) is 11.3 Å². The Hall–Kier alpha value is -0.490. The lowest BCUT2D eigenvalue weighted by Gasteiger charge is -2.34. The van der Waals surface area contributed by atoms with E-state index in [1.165, 1.54) is 35.0 Å². The van der Waals surface area contributed by atoms with Gasteiger partial charge in [-0.2, -0.15) is 0 Å². The van der Waals surface area contributed by atoms with Gasteiger partial charge in [-0.1, -0.05) is 0 Å². The molecule has 2 saturated heterocycles. The van der Waals surface area contributed by atoms with Crippen molar-refractivity contribution in [3.8, 4) is 0 Å². The third-order valence-corrected chi connectivity index (χ3v) is 5.47. The molecule has 1 aromatic heterocycles. The van der Waals surface area contributed by atoms with E-state index in [1.54, 1.807) is 0 Å². The third kappa shape index (κ3) is 1.90. The highest BCUT2D eigenvalue weighted by Gasteiger charge is 2.34. The first-order valence-electron chi connectivity index (χ1n) is 6.95. The summed E-state index contributed by atoms with van der Waals surface area (Å²) in [4.78, 5) is 8.83. The Balaban J connectivity index is 1.54. The van der Waals surface area contributed by atoms with Crippen LogP contribution in [0.2, 0.25) is 0 Å². The van der Waals surface area contributed by atoms with Gasteiger partial charge >= 0.3 is 0 Å². The van der Waals surface area contributed by atoms with Crippen LogP contribution in [-0.2, 0) is 17.7 Å². The van der Waals surface area contributed by atoms with E-state index in [1.807, 2.05) is 11.3 Å². The predicted molar refractivity (Wildman–Crippen MR) is 70.8 cm³/mol. The zero-order valence-corrected chi connectivity index (χ0v) is 11.3. The van der Waals surface area contributed by atoms with Gasteiger partial charge < -0.3 is 10.1 Å². The summed E-state index contributed by atoms with van der Waals surface area (Å²) in [6.07, 6.45) is 3.93. The Morgan fingerprint density at radius 3 is 3.39 bits per heavy atom. The van der Waals surface area contributed by atoms with Gasteiger partial charge in [0.1, 0.15) is 11.1 Å². The number of morpholine rings is 1. The molecule has 98 valence electrons. The molecule has 18 heavy (non-hydrogen) atoms. The fourth-order valence-electron chi connectivity index (χ4n) is 3.25. The number of nitrogens with one attached hydrogen (secondary N) is 1. The molecule has 0 saturated carbocycles. The van der Waals surface area contributed by atoms with E-state index in [9.17, 15) is 0 Å². The Labute approximate surface area is 111 Å². The summed E-state index contributed by atoms with van der Waals surface area (Å²) in [7, 11) is 0. The lowest BCUT2D eigenvalue weighted by Crippen LogP contribution is -2.42. The first kappa shape index (κ1) is 11.3. The largest absolute Gasteiger partial charge is 0.368 e. The van der Waals surface area contributed by atoms with Crippen molar-refractivity contribution in [2.75, 3.05) is 26.2 Å². The van der Waals surface area contributed by atoms with E-state index in [4.69, 9.17) is 9.72 Å². The minimum absolute atomic E-state index is 0.218. The Kier molecular flexibility index (Phi) is 2.87. The monoisotopic (exact) mass is 265 g/mol. The highest BCUT2D eigenvalue weighted by Crippen LogP contribution is 2.33. The highest BCUT2D eigenvalue weighted by molar-refractivity contribution is 7.11. The fourth-order valence-corrected chi connectivity index (χ4v) is 4.37. The Morgan fingerprint density at radius 1 is 1.44 bits per heavy atom. The van der Waals surface area contributed by atoms with Crippen LogP contribution in [0.25, 0.3) is 0 Å². The van der Waals surface area contributed by atoms with Crippen LogP contribution in [0.15, 0.2) is 0 Å². The number of hydrogen-bond acceptors (Lipinski definition) is 5. The second kappa shape index (κ2) is 4.56. The van der Waals surface area contributed by atoms with Gasteiger partial charge in [0, 0.05) is 37.0 Å². The molecule has 4 nitrogen and oxygen atoms in total. The second-order valence-electron chi connectivity index (χ2n) is 5.46. The minimum atomic E-state index is 0.218. The van der Waals surface area contributed by atoms with Crippen molar-refractivity contribution in [2.45, 2.75) is 38.0 Å². The van der Waals surface area contributed by atoms with E-state index in [0.717, 1.165) is 32.7 Å². The number of hydrogen-bond donors (Lipinski definition) is 1. The van der Waals surface area contributed by atoms with Gasteiger partial charge in [0.15, 0.2) is 0 Å². The van der Waals surface area contributed by atoms with Crippen molar-refractivity contribution in [1.82, 2.24) is 15.2 Å². The summed E-state index contributed by atoms with van der Waals surface area (Å²) in [5, 5.41) is 4.62. The molecule has 3 aliphatic heterocycles. The standard InChI is InChI=1S/C13H19N3OS/c1-2-9-8-17-11(7-16(9)5-1)13-15-10-3-4-14-6-12(10)18-13/h9,11,14H,1-8H2. The SMILES string of the molecule is C1CC2COC(c3nc4c(s3)CNCC4)CN2C1. The molecule has 3 aliphatic rings. The molecule has 0 spiro atoms. The molecule has 4 rings (SSSR count). The topological polar surface area (TPSA) is 37.4 Å². The molecule has 0 amide bonds. The third-order valence-electron chi connectivity index (χ3n) is 4.28. The van der Waals surface area contributed by atoms with Crippen LogP contribution in [0.1, 0.15) is 34.5 Å². The van der Waals surface area contributed by atoms with Gasteiger partial charge in [0.05, 0.1) is 12.3 Å². The molecule has 0 aliphatic carbocycles. The van der Waals surface area contributed by atoms with E-state index in [-0.39, 0.29) is 6.10 Å². The summed E-state index contributed by atoms with van der Waals surface area (Å²) in [5.41, 5.74) is 1.31. The second-order valence-corrected chi connectivity index (χ2v) is 6.58. The number of rotatable bonds is 1. The predicted octanol–water partition coefficient (Wildman–Crippen LogP) is 1.32. The highest BCUT2D eigenvalue weighted by atomic mass is 32.1. The average molecular weight is 265 g/mol. The fraction of sp³-hybridized carbons (Fsp3) is 0.769. The van der Waals surface area contributed by atoms with Gasteiger partial charge in [-0.25, -0.2) is 4.98 Å². The van der Waals surface area contributed by atoms with Crippen LogP contribution in [0.3, 0.4) is 0 Å². The lowest BCUT2D eigenvalue weighted by atomic mass is 10.2. The van der Waals surface area contributed by atoms with Crippen LogP contribution >= 0.6 is 11.3 Å². The first-order valence-corrected chi connectivity index (χ1v) is 7.76. The maximum atomic E-state index is 6.04. The molecule has 2 atom stereocenters. The number of thiazole rings is 1. The molecule has 1 N–H and O–H groups in total. The Morgan fingerprint density at radius 2 is 2.44 bits per heavy atom. The summed E-state index contributed by atoms with van der Waals surface area (Å²) in [6, 6.07) is 0.678. The molecule has 5 heteroatoms. The average Bonchev–Trinajstić information content (AvgIpc) is 3.04. The van der Waals surface area contributed by atoms with Crippen LogP contribution in [0.5, 0.6) is 0 Å². The molecule has 0 aromatic carbocycles. The smallest absolute Gasteiger partial charge is 0.123 e. The molecule has 2 fully saturated rings. The summed E-state index contributed by atoms with van der Waals surface area (Å²) in [6.45, 7) is 5.25. The molecule has 0 radical (unpaired) electrons. The summed E-state index contributed by atoms with van der Waals surface area (Å²) in [5.74, 6) is 0. The quantitative estimate of drug-likeness (QED) is 0.831. The summed E-state index contributed by atoms with van der Waals surface area (Å²) < 4.78 is 6.04. The van der Waals surface area contributed by atoms with E-state index >= 15 is 0 Å². The van der Waals surface area contributed by atoms with Gasteiger partial charge in [-0.05, 0) is 19.4 Å². The van der Waals surface area contributed by atoms with Crippen LogP contribution < -0.4 is 5.32 Å². The van der Waals surface area contributed by atoms with Crippen molar-refractivity contribution in [2.24, 2.45) is 0 Å². The van der Waals surface area contributed by atoms with Crippen LogP contribution in [-0.4, -0.2) is 42.2 Å². The number of ether oxygens (including phenoxy) is 1. The van der Waals surface area contributed by atoms with Gasteiger partial charge in [0.2, 0.25) is 0 Å². The number of aromatic nitrogens is 1. The molecule has 4 heterocycles. The Bertz CT molecular complexity index is 424. The minimum Gasteiger partial charge on any atom is -0.368 e. The van der Waals surface area contributed by atoms with Crippen molar-refractivity contribution < 1.29 is 4.74 Å². The van der Waals surface area contributed by atoms with Crippen molar-refractivity contribution >= 4 is 11.3 Å². The van der Waals surface area contributed by atoms with Gasteiger partial charge in [-0.3, -0.25) is 4.90 Å². The van der Waals surface area contributed by atoms with Gasteiger partial charge in [0.25, 0.3) is 0 Å². The zero-order valence-electron chi connectivity index (χ0n) is 10.5. The number of fused-ring (bicyclic) bond motifs is 2. The lowest BCUT2D eigenvalue weighted by molar-refractivity contribution is -0.0502. The van der Waals surface area contributed by atoms with E-state index in [2.05, 4.69) is 10.2 Å². The maximum absolute atomic E-state index is 6.04. The van der Waals surface area contributed by atoms with Crippen molar-refractivity contribution in [1.29, 1.82) is 0 Å². The molecule has 2 unspecified atom stereocenters. The first-order chi connectivity index (χ1) is 8.90. The van der Waals surface area contributed by atoms with E-state index < -0.39 is 0 Å². The van der Waals surface area contributed by atoms with Crippen LogP contribution in [0.4, 0.5) is 0 Å². The summed E-state index contributed by atoms with van der Waals surface area (Å²) >= 11 is 1.85. The molecule has 1 aromatic rings. The van der Waals surface area contributed by atoms with Crippen molar-refractivity contribution in [3.05, 3.63) is 15.6 Å². The van der Waals surface area contributed by atoms with Crippen molar-refractivity contribution in [3.63, 3.8) is 0 Å². The number of nitrogens with zero attached hydrogens (tertiary/aromatic N) is 2. The molecular formula is C13H19N3OS. The normalized spacial score (nSPS) is 32.2. The zero-order chi connectivity index (χ0) is 11.9.